The van der Waals surface area contributed by atoms with Gasteiger partial charge >= 0.3 is 0 Å². The van der Waals surface area contributed by atoms with Gasteiger partial charge in [0.1, 0.15) is 5.75 Å². The highest BCUT2D eigenvalue weighted by atomic mass is 16.5. The fourth-order valence-electron chi connectivity index (χ4n) is 9.47. The van der Waals surface area contributed by atoms with Gasteiger partial charge in [-0.05, 0) is 146 Å². The molecule has 5 rings (SSSR count). The van der Waals surface area contributed by atoms with Crippen molar-refractivity contribution in [3.05, 3.63) is 117 Å². The zero-order valence-electron chi connectivity index (χ0n) is 28.9. The zero-order chi connectivity index (χ0) is 32.5. The van der Waals surface area contributed by atoms with Crippen LogP contribution in [0.3, 0.4) is 0 Å². The van der Waals surface area contributed by atoms with Gasteiger partial charge in [-0.1, -0.05) is 82.4 Å². The summed E-state index contributed by atoms with van der Waals surface area (Å²) in [6.07, 6.45) is 4.52. The van der Waals surface area contributed by atoms with E-state index in [0.717, 1.165) is 54.6 Å². The second-order valence-electron chi connectivity index (χ2n) is 15.2. The van der Waals surface area contributed by atoms with Gasteiger partial charge in [-0.25, -0.2) is 0 Å². The van der Waals surface area contributed by atoms with Gasteiger partial charge < -0.3 is 4.74 Å². The Kier molecular flexibility index (Phi) is 7.93. The van der Waals surface area contributed by atoms with E-state index in [-0.39, 0.29) is 16.6 Å². The molecule has 0 fully saturated rings. The van der Waals surface area contributed by atoms with Crippen LogP contribution in [0.4, 0.5) is 0 Å². The molecule has 0 saturated heterocycles. The molecule has 0 radical (unpaired) electrons. The van der Waals surface area contributed by atoms with Gasteiger partial charge in [-0.3, -0.25) is 4.79 Å². The van der Waals surface area contributed by atoms with Crippen LogP contribution in [0.25, 0.3) is 5.57 Å². The molecule has 0 aromatic heterocycles. The van der Waals surface area contributed by atoms with Crippen molar-refractivity contribution >= 4 is 11.4 Å². The van der Waals surface area contributed by atoms with Gasteiger partial charge in [0.25, 0.3) is 0 Å². The molecule has 0 heterocycles. The summed E-state index contributed by atoms with van der Waals surface area (Å²) in [4.78, 5) is 14.5. The predicted octanol–water partition coefficient (Wildman–Crippen LogP) is 10.6. The lowest BCUT2D eigenvalue weighted by molar-refractivity contribution is -0.132. The number of fused-ring (bicyclic) bond motifs is 3. The van der Waals surface area contributed by atoms with Crippen molar-refractivity contribution in [2.45, 2.75) is 100 Å². The Labute approximate surface area is 266 Å². The van der Waals surface area contributed by atoms with E-state index in [2.05, 4.69) is 86.7 Å². The number of ketones is 1. The number of hydrogen-bond acceptors (Lipinski definition) is 2. The summed E-state index contributed by atoms with van der Waals surface area (Å²) in [5, 5.41) is 0. The SMILES string of the molecule is C=C(Cc1ccc(OC)cc1)Cc1cc(C(C)C)c2c(c1C)C(=C)C1=C(C)[C@@]3(C)C(=O)C(C(=C)C)=C(C)C[C@@]3(C)C[C@@]1(C)C2. The highest BCUT2D eigenvalue weighted by molar-refractivity contribution is 6.08. The van der Waals surface area contributed by atoms with Crippen molar-refractivity contribution in [3.8, 4) is 5.75 Å². The van der Waals surface area contributed by atoms with E-state index in [4.69, 9.17) is 11.3 Å². The van der Waals surface area contributed by atoms with Crippen molar-refractivity contribution < 1.29 is 9.53 Å². The molecule has 0 bridgehead atoms. The van der Waals surface area contributed by atoms with Crippen LogP contribution in [-0.2, 0) is 24.1 Å². The topological polar surface area (TPSA) is 26.3 Å². The minimum absolute atomic E-state index is 0.0841. The first kappa shape index (κ1) is 32.0. The van der Waals surface area contributed by atoms with Gasteiger partial charge in [-0.15, -0.1) is 0 Å². The summed E-state index contributed by atoms with van der Waals surface area (Å²) in [6, 6.07) is 10.7. The van der Waals surface area contributed by atoms with Gasteiger partial charge in [-0.2, -0.15) is 0 Å². The third-order valence-corrected chi connectivity index (χ3v) is 11.6. The average Bonchev–Trinajstić information content (AvgIpc) is 2.92. The van der Waals surface area contributed by atoms with E-state index < -0.39 is 5.41 Å². The Morgan fingerprint density at radius 3 is 2.20 bits per heavy atom. The lowest BCUT2D eigenvalue weighted by Crippen LogP contribution is -2.55. The van der Waals surface area contributed by atoms with Crippen LogP contribution < -0.4 is 4.74 Å². The van der Waals surface area contributed by atoms with Crippen molar-refractivity contribution in [3.63, 3.8) is 0 Å². The summed E-state index contributed by atoms with van der Waals surface area (Å²) >= 11 is 0. The third-order valence-electron chi connectivity index (χ3n) is 11.6. The van der Waals surface area contributed by atoms with Crippen molar-refractivity contribution in [1.82, 2.24) is 0 Å². The first-order valence-corrected chi connectivity index (χ1v) is 16.3. The lowest BCUT2D eigenvalue weighted by Gasteiger charge is -2.60. The molecule has 3 atom stereocenters. The van der Waals surface area contributed by atoms with E-state index in [1.807, 2.05) is 19.1 Å². The molecule has 44 heavy (non-hydrogen) atoms. The van der Waals surface area contributed by atoms with Gasteiger partial charge in [0.2, 0.25) is 0 Å². The molecule has 2 aromatic carbocycles. The summed E-state index contributed by atoms with van der Waals surface area (Å²) in [5.74, 6) is 1.51. The predicted molar refractivity (Wildman–Crippen MR) is 186 cm³/mol. The van der Waals surface area contributed by atoms with Crippen LogP contribution in [0, 0.1) is 23.2 Å². The number of methoxy groups -OCH3 is 1. The molecular weight excluding hydrogens is 536 g/mol. The number of Topliss-reactive ketones (excluding diaryl/α,β-unsaturated/α-hetero) is 1. The van der Waals surface area contributed by atoms with Crippen molar-refractivity contribution in [1.29, 1.82) is 0 Å². The molecule has 0 N–H and O–H groups in total. The maximum Gasteiger partial charge on any atom is 0.173 e. The van der Waals surface area contributed by atoms with Crippen molar-refractivity contribution in [2.75, 3.05) is 7.11 Å². The first-order chi connectivity index (χ1) is 20.5. The maximum atomic E-state index is 14.5. The molecule has 0 saturated carbocycles. The molecule has 3 aliphatic rings. The Morgan fingerprint density at radius 2 is 1.64 bits per heavy atom. The highest BCUT2D eigenvalue weighted by Crippen LogP contribution is 2.68. The first-order valence-electron chi connectivity index (χ1n) is 16.3. The monoisotopic (exact) mass is 588 g/mol. The molecule has 0 aliphatic heterocycles. The van der Waals surface area contributed by atoms with Gasteiger partial charge in [0.05, 0.1) is 12.5 Å². The molecule has 2 heteroatoms. The molecule has 3 aliphatic carbocycles. The van der Waals surface area contributed by atoms with Crippen LogP contribution in [0.1, 0.15) is 108 Å². The second-order valence-corrected chi connectivity index (χ2v) is 15.2. The van der Waals surface area contributed by atoms with E-state index in [1.54, 1.807) is 7.11 Å². The van der Waals surface area contributed by atoms with E-state index in [0.29, 0.717) is 5.92 Å². The standard InChI is InChI=1S/C42H52O2/c1-24(2)34-20-32(19-26(5)18-31-14-16-33(44-13)17-15-31)28(7)37-29(8)38-30(9)42(12)39(43)36(25(3)4)27(6)21-41(42,11)23-40(38,10)22-35(34)37/h14-17,20,24H,3,5,8,18-19,21-23H2,1-2,4,6-7,9-13H3/t40-,41+,42+/m1/s1. The molecule has 0 amide bonds. The minimum Gasteiger partial charge on any atom is -0.497 e. The van der Waals surface area contributed by atoms with Crippen LogP contribution in [0.5, 0.6) is 5.75 Å². The number of benzene rings is 2. The largest absolute Gasteiger partial charge is 0.497 e. The van der Waals surface area contributed by atoms with Crippen LogP contribution in [0.15, 0.2) is 83.5 Å². The Morgan fingerprint density at radius 1 is 1.00 bits per heavy atom. The summed E-state index contributed by atoms with van der Waals surface area (Å²) in [7, 11) is 1.70. The normalized spacial score (nSPS) is 26.4. The maximum absolute atomic E-state index is 14.5. The quantitative estimate of drug-likeness (QED) is 0.301. The minimum atomic E-state index is -0.588. The van der Waals surface area contributed by atoms with E-state index in [9.17, 15) is 4.79 Å². The third kappa shape index (κ3) is 4.72. The molecule has 2 nitrogen and oxygen atoms in total. The average molecular weight is 589 g/mol. The van der Waals surface area contributed by atoms with Crippen LogP contribution >= 0.6 is 0 Å². The Hall–Kier alpha value is -3.39. The lowest BCUT2D eigenvalue weighted by atomic mass is 9.42. The summed E-state index contributed by atoms with van der Waals surface area (Å²) < 4.78 is 5.34. The molecule has 0 spiro atoms. The fraction of sp³-hybridized carbons (Fsp3) is 0.452. The molecule has 0 unspecified atom stereocenters. The van der Waals surface area contributed by atoms with Crippen LogP contribution in [0.2, 0.25) is 0 Å². The smallest absolute Gasteiger partial charge is 0.173 e. The highest BCUT2D eigenvalue weighted by Gasteiger charge is 2.62. The number of allylic oxidation sites excluding steroid dienone is 7. The molecule has 2 aromatic rings. The van der Waals surface area contributed by atoms with Crippen LogP contribution in [-0.4, -0.2) is 12.9 Å². The number of carbonyl (C=O) groups excluding carboxylic acids is 1. The second kappa shape index (κ2) is 10.9. The van der Waals surface area contributed by atoms with E-state index in [1.165, 1.54) is 55.7 Å². The van der Waals surface area contributed by atoms with Gasteiger partial charge in [0, 0.05) is 5.57 Å². The Balaban J connectivity index is 1.62. The number of ether oxygens (including phenoxy) is 1. The zero-order valence-corrected chi connectivity index (χ0v) is 28.9. The summed E-state index contributed by atoms with van der Waals surface area (Å²) in [5.41, 5.74) is 15.0. The van der Waals surface area contributed by atoms with Gasteiger partial charge in [0.15, 0.2) is 5.78 Å². The number of rotatable bonds is 7. The summed E-state index contributed by atoms with van der Waals surface area (Å²) in [6.45, 7) is 33.8. The number of carbonyl (C=O) groups is 1. The van der Waals surface area contributed by atoms with E-state index >= 15 is 0 Å². The van der Waals surface area contributed by atoms with Crippen molar-refractivity contribution in [2.24, 2.45) is 16.2 Å². The fourth-order valence-corrected chi connectivity index (χ4v) is 9.47. The molecule has 232 valence electrons. The Bertz CT molecular complexity index is 1670. The molecular formula is C42H52O2. The number of hydrogen-bond donors (Lipinski definition) is 0.